The number of halogens is 2. The summed E-state index contributed by atoms with van der Waals surface area (Å²) in [5, 5.41) is 0. The summed E-state index contributed by atoms with van der Waals surface area (Å²) in [5.74, 6) is -2.55. The van der Waals surface area contributed by atoms with Gasteiger partial charge < -0.3 is 4.74 Å². The van der Waals surface area contributed by atoms with Crippen molar-refractivity contribution < 1.29 is 23.9 Å². The van der Waals surface area contributed by atoms with Gasteiger partial charge in [-0.05, 0) is 25.0 Å². The first-order valence-electron chi connectivity index (χ1n) is 9.89. The van der Waals surface area contributed by atoms with Crippen molar-refractivity contribution in [3.8, 4) is 0 Å². The van der Waals surface area contributed by atoms with Gasteiger partial charge in [0.2, 0.25) is 11.8 Å². The maximum Gasteiger partial charge on any atom is 0.340 e. The molecule has 0 N–H and O–H groups in total. The molecule has 0 aromatic heterocycles. The number of para-hydroxylation sites is 1. The number of Topliss-reactive ketones (excluding diaryl/α,β-unsaturated/α-hetero) is 1. The standard InChI is InChI=1S/C23H19Br2NO5/c24-17-10-15-16(11-18(17)25)22(29)26(21(15)28)19-9-5-4-8-14(19)23(30)31-12-20(27)13-6-2-1-3-7-13/h1-9,15-18H,10-12H2. The minimum absolute atomic E-state index is 0.0782. The van der Waals surface area contributed by atoms with E-state index in [1.807, 2.05) is 0 Å². The SMILES string of the molecule is O=C(COC(=O)c1ccccc1N1C(=O)C2CC(Br)C(Br)CC2C1=O)c1ccccc1. The number of rotatable bonds is 5. The fourth-order valence-electron chi connectivity index (χ4n) is 4.09. The van der Waals surface area contributed by atoms with Crippen LogP contribution in [0.1, 0.15) is 33.6 Å². The highest BCUT2D eigenvalue weighted by atomic mass is 79.9. The summed E-state index contributed by atoms with van der Waals surface area (Å²) in [4.78, 5) is 52.5. The molecule has 6 nitrogen and oxygen atoms in total. The summed E-state index contributed by atoms with van der Waals surface area (Å²) >= 11 is 7.14. The number of hydrogen-bond acceptors (Lipinski definition) is 5. The van der Waals surface area contributed by atoms with Crippen molar-refractivity contribution in [3.63, 3.8) is 0 Å². The zero-order chi connectivity index (χ0) is 22.1. The molecule has 160 valence electrons. The van der Waals surface area contributed by atoms with Gasteiger partial charge in [-0.1, -0.05) is 74.3 Å². The van der Waals surface area contributed by atoms with Crippen LogP contribution < -0.4 is 4.90 Å². The molecule has 2 amide bonds. The molecule has 4 atom stereocenters. The van der Waals surface area contributed by atoms with Crippen molar-refractivity contribution in [2.24, 2.45) is 11.8 Å². The quantitative estimate of drug-likeness (QED) is 0.243. The number of fused-ring (bicyclic) bond motifs is 1. The topological polar surface area (TPSA) is 80.8 Å². The molecule has 1 aliphatic carbocycles. The number of benzene rings is 2. The number of imide groups is 1. The number of ketones is 1. The monoisotopic (exact) mass is 547 g/mol. The number of carbonyl (C=O) groups is 4. The Hall–Kier alpha value is -2.32. The summed E-state index contributed by atoms with van der Waals surface area (Å²) < 4.78 is 5.22. The van der Waals surface area contributed by atoms with Gasteiger partial charge in [-0.15, -0.1) is 0 Å². The lowest BCUT2D eigenvalue weighted by molar-refractivity contribution is -0.122. The molecule has 2 fully saturated rings. The van der Waals surface area contributed by atoms with Gasteiger partial charge in [0, 0.05) is 15.2 Å². The van der Waals surface area contributed by atoms with Gasteiger partial charge >= 0.3 is 5.97 Å². The van der Waals surface area contributed by atoms with E-state index in [0.717, 1.165) is 4.90 Å². The Bertz CT molecular complexity index is 1010. The van der Waals surface area contributed by atoms with Gasteiger partial charge in [0.25, 0.3) is 0 Å². The van der Waals surface area contributed by atoms with Crippen LogP contribution in [0.2, 0.25) is 0 Å². The van der Waals surface area contributed by atoms with Crippen molar-refractivity contribution in [1.82, 2.24) is 0 Å². The van der Waals surface area contributed by atoms with Crippen LogP contribution >= 0.6 is 31.9 Å². The summed E-state index contributed by atoms with van der Waals surface area (Å²) in [5.41, 5.74) is 0.710. The summed E-state index contributed by atoms with van der Waals surface area (Å²) in [7, 11) is 0. The molecule has 8 heteroatoms. The molecule has 2 aliphatic rings. The number of esters is 1. The average Bonchev–Trinajstić information content (AvgIpc) is 3.02. The molecule has 2 aromatic rings. The largest absolute Gasteiger partial charge is 0.454 e. The van der Waals surface area contributed by atoms with Crippen LogP contribution in [0.15, 0.2) is 54.6 Å². The highest BCUT2D eigenvalue weighted by molar-refractivity contribution is 9.12. The number of nitrogens with zero attached hydrogens (tertiary/aromatic N) is 1. The Balaban J connectivity index is 1.55. The molecule has 1 saturated carbocycles. The van der Waals surface area contributed by atoms with E-state index in [4.69, 9.17) is 4.74 Å². The Morgan fingerprint density at radius 1 is 0.871 bits per heavy atom. The summed E-state index contributed by atoms with van der Waals surface area (Å²) in [6, 6.07) is 14.9. The number of hydrogen-bond donors (Lipinski definition) is 0. The fraction of sp³-hybridized carbons (Fsp3) is 0.304. The van der Waals surface area contributed by atoms with Gasteiger partial charge in [0.1, 0.15) is 0 Å². The lowest BCUT2D eigenvalue weighted by Gasteiger charge is -2.29. The molecule has 2 aromatic carbocycles. The van der Waals surface area contributed by atoms with Crippen molar-refractivity contribution in [3.05, 3.63) is 65.7 Å². The molecule has 1 heterocycles. The van der Waals surface area contributed by atoms with Crippen molar-refractivity contribution in [1.29, 1.82) is 0 Å². The van der Waals surface area contributed by atoms with E-state index in [-0.39, 0.29) is 38.5 Å². The maximum atomic E-state index is 13.1. The normalized spacial score (nSPS) is 25.3. The second kappa shape index (κ2) is 9.04. The molecule has 0 spiro atoms. The first-order chi connectivity index (χ1) is 14.9. The second-order valence-electron chi connectivity index (χ2n) is 7.61. The minimum atomic E-state index is -0.757. The van der Waals surface area contributed by atoms with E-state index in [2.05, 4.69) is 31.9 Å². The molecule has 0 bridgehead atoms. The average molecular weight is 549 g/mol. The van der Waals surface area contributed by atoms with Crippen LogP contribution in [0.25, 0.3) is 0 Å². The smallest absolute Gasteiger partial charge is 0.340 e. The van der Waals surface area contributed by atoms with Crippen LogP contribution in [-0.2, 0) is 14.3 Å². The zero-order valence-corrected chi connectivity index (χ0v) is 19.5. The molecule has 31 heavy (non-hydrogen) atoms. The number of carbonyl (C=O) groups excluding carboxylic acids is 4. The van der Waals surface area contributed by atoms with E-state index >= 15 is 0 Å². The summed E-state index contributed by atoms with van der Waals surface area (Å²) in [6.07, 6.45) is 1.08. The van der Waals surface area contributed by atoms with E-state index in [9.17, 15) is 19.2 Å². The number of amides is 2. The van der Waals surface area contributed by atoms with Crippen molar-refractivity contribution in [2.75, 3.05) is 11.5 Å². The third-order valence-electron chi connectivity index (χ3n) is 5.71. The highest BCUT2D eigenvalue weighted by Gasteiger charge is 2.52. The van der Waals surface area contributed by atoms with Crippen LogP contribution in [-0.4, -0.2) is 39.8 Å². The van der Waals surface area contributed by atoms with Crippen molar-refractivity contribution >= 4 is 61.1 Å². The van der Waals surface area contributed by atoms with Crippen LogP contribution in [0.3, 0.4) is 0 Å². The molecule has 1 saturated heterocycles. The molecular formula is C23H19Br2NO5. The van der Waals surface area contributed by atoms with Crippen LogP contribution in [0.5, 0.6) is 0 Å². The Morgan fingerprint density at radius 2 is 1.42 bits per heavy atom. The van der Waals surface area contributed by atoms with E-state index in [1.165, 1.54) is 6.07 Å². The van der Waals surface area contributed by atoms with E-state index in [1.54, 1.807) is 48.5 Å². The molecule has 4 unspecified atom stereocenters. The van der Waals surface area contributed by atoms with Gasteiger partial charge in [0.15, 0.2) is 12.4 Å². The van der Waals surface area contributed by atoms with Gasteiger partial charge in [-0.2, -0.15) is 0 Å². The summed E-state index contributed by atoms with van der Waals surface area (Å²) in [6.45, 7) is -0.430. The third-order valence-corrected chi connectivity index (χ3v) is 8.44. The van der Waals surface area contributed by atoms with Crippen molar-refractivity contribution in [2.45, 2.75) is 22.5 Å². The molecule has 0 radical (unpaired) electrons. The Kier molecular flexibility index (Phi) is 6.39. The fourth-order valence-corrected chi connectivity index (χ4v) is 5.33. The third kappa shape index (κ3) is 4.23. The predicted molar refractivity (Wildman–Crippen MR) is 122 cm³/mol. The number of anilines is 1. The minimum Gasteiger partial charge on any atom is -0.454 e. The lowest BCUT2D eigenvalue weighted by atomic mass is 9.81. The van der Waals surface area contributed by atoms with Crippen LogP contribution in [0.4, 0.5) is 5.69 Å². The first kappa shape index (κ1) is 21.9. The predicted octanol–water partition coefficient (Wildman–Crippen LogP) is 4.15. The number of alkyl halides is 2. The molecular weight excluding hydrogens is 530 g/mol. The Morgan fingerprint density at radius 3 is 2.03 bits per heavy atom. The second-order valence-corrected chi connectivity index (χ2v) is 9.96. The first-order valence-corrected chi connectivity index (χ1v) is 11.7. The Labute approximate surface area is 196 Å². The van der Waals surface area contributed by atoms with Gasteiger partial charge in [-0.25, -0.2) is 9.69 Å². The van der Waals surface area contributed by atoms with E-state index in [0.29, 0.717) is 18.4 Å². The maximum absolute atomic E-state index is 13.1. The van der Waals surface area contributed by atoms with E-state index < -0.39 is 24.4 Å². The number of ether oxygens (including phenoxy) is 1. The highest BCUT2D eigenvalue weighted by Crippen LogP contribution is 2.44. The van der Waals surface area contributed by atoms with Crippen LogP contribution in [0, 0.1) is 11.8 Å². The molecule has 1 aliphatic heterocycles. The molecule has 4 rings (SSSR count). The van der Waals surface area contributed by atoms with Gasteiger partial charge in [0.05, 0.1) is 23.1 Å². The lowest BCUT2D eigenvalue weighted by Crippen LogP contribution is -2.34. The zero-order valence-electron chi connectivity index (χ0n) is 16.4. The van der Waals surface area contributed by atoms with Gasteiger partial charge in [-0.3, -0.25) is 14.4 Å².